The number of hydrogen-bond donors (Lipinski definition) is 2. The van der Waals surface area contributed by atoms with Crippen LogP contribution in [0.3, 0.4) is 0 Å². The van der Waals surface area contributed by atoms with Crippen molar-refractivity contribution in [2.24, 2.45) is 11.7 Å². The maximum absolute atomic E-state index is 11.9. The molecule has 2 rings (SSSR count). The minimum absolute atomic E-state index is 0. The largest absolute Gasteiger partial charge is 0.352 e. The minimum Gasteiger partial charge on any atom is -0.352 e. The van der Waals surface area contributed by atoms with Gasteiger partial charge in [-0.05, 0) is 24.6 Å². The Labute approximate surface area is 123 Å². The number of carbonyl (C=O) groups excluding carboxylic acids is 1. The normalized spacial score (nSPS) is 11.5. The van der Waals surface area contributed by atoms with Gasteiger partial charge < -0.3 is 15.6 Å². The van der Waals surface area contributed by atoms with Gasteiger partial charge >= 0.3 is 0 Å². The molecule has 0 spiro atoms. The molecule has 6 nitrogen and oxygen atoms in total. The van der Waals surface area contributed by atoms with Gasteiger partial charge in [0.25, 0.3) is 5.91 Å². The van der Waals surface area contributed by atoms with E-state index in [0.717, 1.165) is 5.56 Å². The Balaban J connectivity index is 0.00000200. The molecule has 0 bridgehead atoms. The second kappa shape index (κ2) is 7.62. The molecule has 1 aromatic carbocycles. The fourth-order valence-corrected chi connectivity index (χ4v) is 1.52. The van der Waals surface area contributed by atoms with Crippen LogP contribution in [0.4, 0.5) is 0 Å². The number of hydrogen-bond acceptors (Lipinski definition) is 5. The second-order valence-corrected chi connectivity index (χ2v) is 4.38. The standard InChI is InChI=1S/C13H16N4O2.ClH/c1-9(6-14)7-15-13(18)11-4-2-10(3-5-11)12-16-8-19-17-12;/h2-5,8-9H,6-7,14H2,1H3,(H,15,18);1H. The summed E-state index contributed by atoms with van der Waals surface area (Å²) in [4.78, 5) is 15.8. The van der Waals surface area contributed by atoms with Gasteiger partial charge in [0.15, 0.2) is 0 Å². The highest BCUT2D eigenvalue weighted by atomic mass is 35.5. The molecule has 20 heavy (non-hydrogen) atoms. The summed E-state index contributed by atoms with van der Waals surface area (Å²) in [6.45, 7) is 3.11. The molecule has 1 heterocycles. The smallest absolute Gasteiger partial charge is 0.251 e. The van der Waals surface area contributed by atoms with Crippen LogP contribution in [0.5, 0.6) is 0 Å². The van der Waals surface area contributed by atoms with Crippen molar-refractivity contribution in [3.05, 3.63) is 36.2 Å². The van der Waals surface area contributed by atoms with E-state index in [4.69, 9.17) is 5.73 Å². The van der Waals surface area contributed by atoms with Crippen molar-refractivity contribution in [3.63, 3.8) is 0 Å². The number of carbonyl (C=O) groups is 1. The zero-order valence-corrected chi connectivity index (χ0v) is 11.9. The van der Waals surface area contributed by atoms with E-state index < -0.39 is 0 Å². The van der Waals surface area contributed by atoms with Crippen molar-refractivity contribution in [3.8, 4) is 11.4 Å². The molecule has 3 N–H and O–H groups in total. The van der Waals surface area contributed by atoms with Crippen LogP contribution < -0.4 is 11.1 Å². The minimum atomic E-state index is -0.111. The number of aromatic nitrogens is 2. The maximum atomic E-state index is 11.9. The molecule has 0 fully saturated rings. The van der Waals surface area contributed by atoms with Gasteiger partial charge in [0, 0.05) is 17.7 Å². The van der Waals surface area contributed by atoms with E-state index in [1.807, 2.05) is 6.92 Å². The first-order chi connectivity index (χ1) is 9.20. The van der Waals surface area contributed by atoms with Crippen molar-refractivity contribution in [2.75, 3.05) is 13.1 Å². The Morgan fingerprint density at radius 2 is 2.10 bits per heavy atom. The number of nitrogens with zero attached hydrogens (tertiary/aromatic N) is 2. The molecule has 7 heteroatoms. The Hall–Kier alpha value is -1.92. The summed E-state index contributed by atoms with van der Waals surface area (Å²) in [6.07, 6.45) is 1.27. The molecule has 0 aliphatic carbocycles. The summed E-state index contributed by atoms with van der Waals surface area (Å²) in [5.74, 6) is 0.659. The van der Waals surface area contributed by atoms with Gasteiger partial charge in [-0.15, -0.1) is 12.4 Å². The predicted octanol–water partition coefficient (Wildman–Crippen LogP) is 1.48. The van der Waals surface area contributed by atoms with Gasteiger partial charge in [-0.1, -0.05) is 24.2 Å². The molecule has 0 aliphatic heterocycles. The molecule has 1 aromatic heterocycles. The topological polar surface area (TPSA) is 94.0 Å². The zero-order chi connectivity index (χ0) is 13.7. The number of nitrogens with two attached hydrogens (primary N) is 1. The van der Waals surface area contributed by atoms with Crippen LogP contribution >= 0.6 is 12.4 Å². The van der Waals surface area contributed by atoms with Gasteiger partial charge in [0.1, 0.15) is 0 Å². The number of benzene rings is 1. The molecule has 0 saturated heterocycles. The Morgan fingerprint density at radius 1 is 1.40 bits per heavy atom. The third kappa shape index (κ3) is 4.04. The van der Waals surface area contributed by atoms with Crippen LogP contribution in [0.15, 0.2) is 35.2 Å². The van der Waals surface area contributed by atoms with Crippen molar-refractivity contribution in [2.45, 2.75) is 6.92 Å². The number of amides is 1. The SMILES string of the molecule is CC(CN)CNC(=O)c1ccc(-c2ncon2)cc1.Cl. The fraction of sp³-hybridized carbons (Fsp3) is 0.308. The molecular formula is C13H17ClN4O2. The van der Waals surface area contributed by atoms with E-state index in [2.05, 4.69) is 20.0 Å². The third-order valence-electron chi connectivity index (χ3n) is 2.78. The Kier molecular flexibility index (Phi) is 6.14. The van der Waals surface area contributed by atoms with Gasteiger partial charge in [-0.2, -0.15) is 4.98 Å². The van der Waals surface area contributed by atoms with Gasteiger partial charge in [-0.3, -0.25) is 4.79 Å². The summed E-state index contributed by atoms with van der Waals surface area (Å²) < 4.78 is 4.67. The number of nitrogens with one attached hydrogen (secondary N) is 1. The molecule has 0 saturated carbocycles. The molecule has 1 unspecified atom stereocenters. The monoisotopic (exact) mass is 296 g/mol. The summed E-state index contributed by atoms with van der Waals surface area (Å²) >= 11 is 0. The van der Waals surface area contributed by atoms with E-state index in [1.165, 1.54) is 6.39 Å². The highest BCUT2D eigenvalue weighted by Crippen LogP contribution is 2.14. The lowest BCUT2D eigenvalue weighted by molar-refractivity contribution is 0.0948. The molecule has 0 aliphatic rings. The first kappa shape index (κ1) is 16.1. The first-order valence-corrected chi connectivity index (χ1v) is 6.05. The van der Waals surface area contributed by atoms with Crippen molar-refractivity contribution in [1.82, 2.24) is 15.5 Å². The highest BCUT2D eigenvalue weighted by Gasteiger charge is 2.08. The quantitative estimate of drug-likeness (QED) is 0.871. The summed E-state index contributed by atoms with van der Waals surface area (Å²) in [5.41, 5.74) is 6.90. The lowest BCUT2D eigenvalue weighted by Gasteiger charge is -2.10. The number of halogens is 1. The van der Waals surface area contributed by atoms with Gasteiger partial charge in [-0.25, -0.2) is 0 Å². The van der Waals surface area contributed by atoms with Gasteiger partial charge in [0.05, 0.1) is 0 Å². The van der Waals surface area contributed by atoms with Crippen LogP contribution in [-0.2, 0) is 0 Å². The van der Waals surface area contributed by atoms with Crippen LogP contribution in [0.2, 0.25) is 0 Å². The zero-order valence-electron chi connectivity index (χ0n) is 11.1. The van der Waals surface area contributed by atoms with E-state index in [-0.39, 0.29) is 24.2 Å². The average molecular weight is 297 g/mol. The van der Waals surface area contributed by atoms with Crippen LogP contribution in [0.1, 0.15) is 17.3 Å². The van der Waals surface area contributed by atoms with Crippen molar-refractivity contribution < 1.29 is 9.32 Å². The first-order valence-electron chi connectivity index (χ1n) is 6.05. The van der Waals surface area contributed by atoms with Crippen LogP contribution in [-0.4, -0.2) is 29.1 Å². The summed E-state index contributed by atoms with van der Waals surface area (Å²) in [5, 5.41) is 6.57. The predicted molar refractivity (Wildman–Crippen MR) is 77.5 cm³/mol. The Morgan fingerprint density at radius 3 is 2.65 bits per heavy atom. The number of rotatable bonds is 5. The van der Waals surface area contributed by atoms with Crippen molar-refractivity contribution >= 4 is 18.3 Å². The lowest BCUT2D eigenvalue weighted by atomic mass is 10.1. The molecule has 0 radical (unpaired) electrons. The van der Waals surface area contributed by atoms with E-state index in [1.54, 1.807) is 24.3 Å². The lowest BCUT2D eigenvalue weighted by Crippen LogP contribution is -2.31. The van der Waals surface area contributed by atoms with E-state index >= 15 is 0 Å². The van der Waals surface area contributed by atoms with E-state index in [0.29, 0.717) is 24.5 Å². The summed E-state index contributed by atoms with van der Waals surface area (Å²) in [7, 11) is 0. The van der Waals surface area contributed by atoms with E-state index in [9.17, 15) is 4.79 Å². The molecule has 1 amide bonds. The molecular weight excluding hydrogens is 280 g/mol. The third-order valence-corrected chi connectivity index (χ3v) is 2.78. The van der Waals surface area contributed by atoms with Crippen molar-refractivity contribution in [1.29, 1.82) is 0 Å². The molecule has 108 valence electrons. The highest BCUT2D eigenvalue weighted by molar-refractivity contribution is 5.94. The fourth-order valence-electron chi connectivity index (χ4n) is 1.52. The van der Waals surface area contributed by atoms with Crippen LogP contribution in [0.25, 0.3) is 11.4 Å². The van der Waals surface area contributed by atoms with Crippen LogP contribution in [0, 0.1) is 5.92 Å². The second-order valence-electron chi connectivity index (χ2n) is 4.38. The molecule has 2 aromatic rings. The average Bonchev–Trinajstić information content (AvgIpc) is 2.98. The van der Waals surface area contributed by atoms with Gasteiger partial charge in [0.2, 0.25) is 12.2 Å². The molecule has 1 atom stereocenters. The maximum Gasteiger partial charge on any atom is 0.251 e. The Bertz CT molecular complexity index is 528. The summed E-state index contributed by atoms with van der Waals surface area (Å²) in [6, 6.07) is 7.03.